The molecule has 0 unspecified atom stereocenters. The van der Waals surface area contributed by atoms with E-state index in [0.717, 1.165) is 12.0 Å². The second-order valence-corrected chi connectivity index (χ2v) is 6.27. The number of amides is 1. The topological polar surface area (TPSA) is 64.8 Å². The lowest BCUT2D eigenvalue weighted by molar-refractivity contribution is -0.124. The van der Waals surface area contributed by atoms with Gasteiger partial charge in [-0.15, -0.1) is 0 Å². The van der Waals surface area contributed by atoms with Gasteiger partial charge in [0.1, 0.15) is 0 Å². The maximum Gasteiger partial charge on any atom is 0.246 e. The van der Waals surface area contributed by atoms with Gasteiger partial charge in [-0.05, 0) is 44.0 Å². The molecule has 0 aromatic heterocycles. The maximum absolute atomic E-state index is 12.1. The van der Waals surface area contributed by atoms with Crippen molar-refractivity contribution < 1.29 is 14.3 Å². The highest BCUT2D eigenvalue weighted by Crippen LogP contribution is 2.37. The van der Waals surface area contributed by atoms with Crippen LogP contribution in [0.4, 0.5) is 0 Å². The molecule has 0 bridgehead atoms. The SMILES string of the molecule is COc1cc(/C=C/C(=O)N2CC[C@@H](N)C2)cc(Cl)c1OC(C)C. The minimum Gasteiger partial charge on any atom is -0.493 e. The minimum atomic E-state index is -0.0458. The molecule has 23 heavy (non-hydrogen) atoms. The Hall–Kier alpha value is -1.72. The third-order valence-electron chi connectivity index (χ3n) is 3.56. The summed E-state index contributed by atoms with van der Waals surface area (Å²) in [6.07, 6.45) is 4.09. The number of hydrogen-bond acceptors (Lipinski definition) is 4. The second-order valence-electron chi connectivity index (χ2n) is 5.87. The van der Waals surface area contributed by atoms with Crippen molar-refractivity contribution in [2.45, 2.75) is 32.4 Å². The molecule has 5 nitrogen and oxygen atoms in total. The fraction of sp³-hybridized carbons (Fsp3) is 0.471. The van der Waals surface area contributed by atoms with Gasteiger partial charge >= 0.3 is 0 Å². The molecule has 0 saturated carbocycles. The van der Waals surface area contributed by atoms with Crippen LogP contribution in [-0.4, -0.2) is 43.2 Å². The molecule has 0 radical (unpaired) electrons. The number of halogens is 1. The van der Waals surface area contributed by atoms with Crippen LogP contribution in [0.2, 0.25) is 5.02 Å². The summed E-state index contributed by atoms with van der Waals surface area (Å²) in [6, 6.07) is 3.62. The summed E-state index contributed by atoms with van der Waals surface area (Å²) in [5.74, 6) is 1.01. The van der Waals surface area contributed by atoms with E-state index in [9.17, 15) is 4.79 Å². The monoisotopic (exact) mass is 338 g/mol. The van der Waals surface area contributed by atoms with Gasteiger partial charge in [0.05, 0.1) is 18.2 Å². The van der Waals surface area contributed by atoms with Gasteiger partial charge < -0.3 is 20.1 Å². The van der Waals surface area contributed by atoms with Gasteiger partial charge in [0.15, 0.2) is 11.5 Å². The average Bonchev–Trinajstić information content (AvgIpc) is 2.93. The van der Waals surface area contributed by atoms with E-state index in [1.54, 1.807) is 30.2 Å². The van der Waals surface area contributed by atoms with Gasteiger partial charge in [-0.3, -0.25) is 4.79 Å². The van der Waals surface area contributed by atoms with E-state index in [2.05, 4.69) is 0 Å². The van der Waals surface area contributed by atoms with E-state index >= 15 is 0 Å². The average molecular weight is 339 g/mol. The Bertz CT molecular complexity index is 602. The summed E-state index contributed by atoms with van der Waals surface area (Å²) in [6.45, 7) is 5.15. The van der Waals surface area contributed by atoms with Crippen LogP contribution in [0, 0.1) is 0 Å². The summed E-state index contributed by atoms with van der Waals surface area (Å²) >= 11 is 6.27. The number of hydrogen-bond donors (Lipinski definition) is 1. The standard InChI is InChI=1S/C17H23ClN2O3/c1-11(2)23-17-14(18)8-12(9-15(17)22-3)4-5-16(21)20-7-6-13(19)10-20/h4-5,8-9,11,13H,6-7,10,19H2,1-3H3/b5-4+/t13-/m1/s1. The molecule has 6 heteroatoms. The Morgan fingerprint density at radius 2 is 2.22 bits per heavy atom. The summed E-state index contributed by atoms with van der Waals surface area (Å²) < 4.78 is 11.0. The fourth-order valence-electron chi connectivity index (χ4n) is 2.45. The first kappa shape index (κ1) is 17.6. The van der Waals surface area contributed by atoms with Crippen LogP contribution in [0.15, 0.2) is 18.2 Å². The molecule has 1 saturated heterocycles. The molecule has 1 aliphatic rings. The van der Waals surface area contributed by atoms with Crippen molar-refractivity contribution in [3.05, 3.63) is 28.8 Å². The van der Waals surface area contributed by atoms with Crippen molar-refractivity contribution in [1.82, 2.24) is 4.90 Å². The van der Waals surface area contributed by atoms with Gasteiger partial charge in [-0.1, -0.05) is 11.6 Å². The molecule has 0 aliphatic carbocycles. The molecule has 0 spiro atoms. The number of nitrogens with two attached hydrogens (primary N) is 1. The van der Waals surface area contributed by atoms with Crippen LogP contribution in [-0.2, 0) is 4.79 Å². The highest BCUT2D eigenvalue weighted by atomic mass is 35.5. The van der Waals surface area contributed by atoms with E-state index in [1.165, 1.54) is 6.08 Å². The number of likely N-dealkylation sites (tertiary alicyclic amines) is 1. The van der Waals surface area contributed by atoms with Crippen LogP contribution >= 0.6 is 11.6 Å². The lowest BCUT2D eigenvalue weighted by Crippen LogP contribution is -2.30. The molecule has 1 aromatic rings. The summed E-state index contributed by atoms with van der Waals surface area (Å²) in [4.78, 5) is 13.9. The predicted octanol–water partition coefficient (Wildman–Crippen LogP) is 2.71. The van der Waals surface area contributed by atoms with E-state index < -0.39 is 0 Å². The lowest BCUT2D eigenvalue weighted by Gasteiger charge is -2.16. The number of benzene rings is 1. The molecule has 1 aliphatic heterocycles. The number of nitrogens with zero attached hydrogens (tertiary/aromatic N) is 1. The lowest BCUT2D eigenvalue weighted by atomic mass is 10.1. The normalized spacial score (nSPS) is 18.0. The largest absolute Gasteiger partial charge is 0.493 e. The van der Waals surface area contributed by atoms with Crippen molar-refractivity contribution >= 4 is 23.6 Å². The van der Waals surface area contributed by atoms with Crippen LogP contribution in [0.5, 0.6) is 11.5 Å². The predicted molar refractivity (Wildman–Crippen MR) is 92.0 cm³/mol. The summed E-state index contributed by atoms with van der Waals surface area (Å²) in [5, 5.41) is 0.452. The van der Waals surface area contributed by atoms with E-state index in [4.69, 9.17) is 26.8 Å². The van der Waals surface area contributed by atoms with Crippen molar-refractivity contribution in [2.75, 3.05) is 20.2 Å². The highest BCUT2D eigenvalue weighted by Gasteiger charge is 2.21. The molecule has 1 heterocycles. The Balaban J connectivity index is 2.15. The number of ether oxygens (including phenoxy) is 2. The molecular weight excluding hydrogens is 316 g/mol. The second kappa shape index (κ2) is 7.70. The molecule has 1 aromatic carbocycles. The number of carbonyl (C=O) groups is 1. The van der Waals surface area contributed by atoms with Crippen molar-refractivity contribution in [3.63, 3.8) is 0 Å². The van der Waals surface area contributed by atoms with Crippen LogP contribution in [0.3, 0.4) is 0 Å². The van der Waals surface area contributed by atoms with E-state index in [0.29, 0.717) is 29.6 Å². The minimum absolute atomic E-state index is 0.0104. The summed E-state index contributed by atoms with van der Waals surface area (Å²) in [7, 11) is 1.56. The third kappa shape index (κ3) is 4.62. The van der Waals surface area contributed by atoms with E-state index in [-0.39, 0.29) is 18.1 Å². The molecule has 1 fully saturated rings. The van der Waals surface area contributed by atoms with Gasteiger partial charge in [0.25, 0.3) is 0 Å². The van der Waals surface area contributed by atoms with Crippen LogP contribution in [0.25, 0.3) is 6.08 Å². The Morgan fingerprint density at radius 1 is 1.48 bits per heavy atom. The molecule has 2 N–H and O–H groups in total. The Morgan fingerprint density at radius 3 is 2.78 bits per heavy atom. The van der Waals surface area contributed by atoms with Gasteiger partial charge in [-0.25, -0.2) is 0 Å². The van der Waals surface area contributed by atoms with Crippen molar-refractivity contribution in [2.24, 2.45) is 5.73 Å². The number of carbonyl (C=O) groups excluding carboxylic acids is 1. The van der Waals surface area contributed by atoms with Crippen molar-refractivity contribution in [1.29, 1.82) is 0 Å². The quantitative estimate of drug-likeness (QED) is 0.838. The van der Waals surface area contributed by atoms with Crippen LogP contribution in [0.1, 0.15) is 25.8 Å². The number of rotatable bonds is 5. The summed E-state index contributed by atoms with van der Waals surface area (Å²) in [5.41, 5.74) is 6.60. The van der Waals surface area contributed by atoms with Gasteiger partial charge in [0, 0.05) is 25.2 Å². The van der Waals surface area contributed by atoms with Crippen LogP contribution < -0.4 is 15.2 Å². The molecular formula is C17H23ClN2O3. The zero-order valence-electron chi connectivity index (χ0n) is 13.7. The highest BCUT2D eigenvalue weighted by molar-refractivity contribution is 6.32. The zero-order chi connectivity index (χ0) is 17.0. The van der Waals surface area contributed by atoms with E-state index in [1.807, 2.05) is 13.8 Å². The Kier molecular flexibility index (Phi) is 5.91. The van der Waals surface area contributed by atoms with Gasteiger partial charge in [-0.2, -0.15) is 0 Å². The molecule has 1 atom stereocenters. The van der Waals surface area contributed by atoms with Gasteiger partial charge in [0.2, 0.25) is 5.91 Å². The first-order valence-corrected chi connectivity index (χ1v) is 8.05. The zero-order valence-corrected chi connectivity index (χ0v) is 14.5. The molecule has 126 valence electrons. The smallest absolute Gasteiger partial charge is 0.246 e. The fourth-order valence-corrected chi connectivity index (χ4v) is 2.71. The third-order valence-corrected chi connectivity index (χ3v) is 3.84. The number of methoxy groups -OCH3 is 1. The first-order chi connectivity index (χ1) is 10.9. The molecule has 1 amide bonds. The van der Waals surface area contributed by atoms with Crippen molar-refractivity contribution in [3.8, 4) is 11.5 Å². The maximum atomic E-state index is 12.1. The molecule has 2 rings (SSSR count). The first-order valence-electron chi connectivity index (χ1n) is 7.67. The Labute approximate surface area is 142 Å².